The molecule has 7 nitrogen and oxygen atoms in total. The van der Waals surface area contributed by atoms with E-state index in [4.69, 9.17) is 19.8 Å². The smallest absolute Gasteiger partial charge is 0.414 e. The van der Waals surface area contributed by atoms with E-state index in [0.717, 1.165) is 38.5 Å². The van der Waals surface area contributed by atoms with E-state index in [1.54, 1.807) is 0 Å². The highest BCUT2D eigenvalue weighted by molar-refractivity contribution is 7.11. The van der Waals surface area contributed by atoms with E-state index in [1.807, 2.05) is 23.6 Å². The predicted octanol–water partition coefficient (Wildman–Crippen LogP) is 1.93. The number of aromatic nitrogens is 1. The van der Waals surface area contributed by atoms with Crippen molar-refractivity contribution in [3.05, 3.63) is 46.3 Å². The summed E-state index contributed by atoms with van der Waals surface area (Å²) in [7, 11) is 0. The van der Waals surface area contributed by atoms with Gasteiger partial charge in [0.05, 0.1) is 0 Å². The molecule has 0 bridgehead atoms. The van der Waals surface area contributed by atoms with Crippen molar-refractivity contribution in [3.8, 4) is 0 Å². The van der Waals surface area contributed by atoms with Crippen molar-refractivity contribution in [1.29, 1.82) is 0 Å². The molecular formula is C17H21N3O4S. The van der Waals surface area contributed by atoms with E-state index in [9.17, 15) is 0 Å². The maximum atomic E-state index is 9.10. The highest BCUT2D eigenvalue weighted by atomic mass is 32.1. The molecule has 2 aromatic rings. The molecule has 3 rings (SSSR count). The Hall–Kier alpha value is -2.45. The van der Waals surface area contributed by atoms with E-state index >= 15 is 0 Å². The van der Waals surface area contributed by atoms with Gasteiger partial charge in [-0.2, -0.15) is 0 Å². The molecule has 134 valence electrons. The van der Waals surface area contributed by atoms with Gasteiger partial charge in [-0.05, 0) is 31.2 Å². The molecule has 1 aliphatic heterocycles. The monoisotopic (exact) mass is 363 g/mol. The second-order valence-corrected chi connectivity index (χ2v) is 6.95. The Morgan fingerprint density at radius 1 is 1.08 bits per heavy atom. The molecule has 3 heterocycles. The van der Waals surface area contributed by atoms with Gasteiger partial charge in [0, 0.05) is 48.7 Å². The van der Waals surface area contributed by atoms with Gasteiger partial charge in [0.15, 0.2) is 0 Å². The molecule has 0 radical (unpaired) electrons. The van der Waals surface area contributed by atoms with Crippen molar-refractivity contribution < 1.29 is 19.8 Å². The number of nitrogens with zero attached hydrogens (tertiary/aromatic N) is 3. The first-order valence-corrected chi connectivity index (χ1v) is 8.67. The zero-order chi connectivity index (χ0) is 18.2. The summed E-state index contributed by atoms with van der Waals surface area (Å²) in [6, 6.07) is 10.6. The molecule has 2 N–H and O–H groups in total. The number of pyridine rings is 1. The second-order valence-electron chi connectivity index (χ2n) is 5.57. The molecule has 0 saturated carbocycles. The van der Waals surface area contributed by atoms with Gasteiger partial charge in [-0.25, -0.2) is 14.6 Å². The summed E-state index contributed by atoms with van der Waals surface area (Å²) in [6.45, 7) is 7.64. The molecule has 0 aromatic carbocycles. The van der Waals surface area contributed by atoms with Gasteiger partial charge in [0.25, 0.3) is 0 Å². The van der Waals surface area contributed by atoms with Crippen molar-refractivity contribution in [3.63, 3.8) is 0 Å². The Balaban J connectivity index is 0.000000326. The normalized spacial score (nSPS) is 14.5. The van der Waals surface area contributed by atoms with Gasteiger partial charge < -0.3 is 15.1 Å². The average Bonchev–Trinajstić information content (AvgIpc) is 3.02. The largest absolute Gasteiger partial charge is 0.473 e. The van der Waals surface area contributed by atoms with E-state index in [2.05, 4.69) is 46.0 Å². The van der Waals surface area contributed by atoms with Crippen LogP contribution in [0.25, 0.3) is 0 Å². The molecule has 2 aromatic heterocycles. The van der Waals surface area contributed by atoms with Crippen molar-refractivity contribution in [2.75, 3.05) is 31.1 Å². The lowest BCUT2D eigenvalue weighted by molar-refractivity contribution is -0.159. The van der Waals surface area contributed by atoms with Crippen LogP contribution in [0.4, 0.5) is 5.82 Å². The number of piperazine rings is 1. The Bertz CT molecular complexity index is 685. The lowest BCUT2D eigenvalue weighted by Crippen LogP contribution is -2.46. The van der Waals surface area contributed by atoms with Crippen LogP contribution in [0.1, 0.15) is 9.75 Å². The first-order chi connectivity index (χ1) is 12.0. The number of hydrogen-bond acceptors (Lipinski definition) is 6. The Kier molecular flexibility index (Phi) is 6.91. The number of carbonyl (C=O) groups is 2. The topological polar surface area (TPSA) is 94.0 Å². The molecular weight excluding hydrogens is 342 g/mol. The summed E-state index contributed by atoms with van der Waals surface area (Å²) in [6.07, 6.45) is 1.87. The molecule has 1 saturated heterocycles. The molecule has 0 atom stereocenters. The van der Waals surface area contributed by atoms with Crippen LogP contribution in [-0.2, 0) is 16.1 Å². The number of carboxylic acid groups (broad SMARTS) is 2. The summed E-state index contributed by atoms with van der Waals surface area (Å²) in [5, 5.41) is 14.8. The first kappa shape index (κ1) is 18.9. The standard InChI is InChI=1S/C15H19N3S.C2H2O4/c1-13-5-6-14(19-13)12-17-8-10-18(11-9-17)15-4-2-3-7-16-15;3-1(4)2(5)6/h2-7H,8-12H2,1H3;(H,3,4)(H,5,6). The zero-order valence-corrected chi connectivity index (χ0v) is 14.8. The summed E-state index contributed by atoms with van der Waals surface area (Å²) >= 11 is 1.91. The Labute approximate surface area is 150 Å². The van der Waals surface area contributed by atoms with Crippen LogP contribution >= 0.6 is 11.3 Å². The molecule has 0 unspecified atom stereocenters. The van der Waals surface area contributed by atoms with E-state index < -0.39 is 11.9 Å². The summed E-state index contributed by atoms with van der Waals surface area (Å²) in [5.41, 5.74) is 0. The van der Waals surface area contributed by atoms with Gasteiger partial charge in [-0.15, -0.1) is 11.3 Å². The Morgan fingerprint density at radius 3 is 2.24 bits per heavy atom. The molecule has 1 aliphatic rings. The van der Waals surface area contributed by atoms with Crippen LogP contribution in [0.5, 0.6) is 0 Å². The van der Waals surface area contributed by atoms with Crippen molar-refractivity contribution >= 4 is 29.1 Å². The van der Waals surface area contributed by atoms with Crippen LogP contribution in [-0.4, -0.2) is 58.2 Å². The van der Waals surface area contributed by atoms with E-state index in [-0.39, 0.29) is 0 Å². The zero-order valence-electron chi connectivity index (χ0n) is 14.0. The van der Waals surface area contributed by atoms with Crippen LogP contribution in [0.3, 0.4) is 0 Å². The van der Waals surface area contributed by atoms with Crippen molar-refractivity contribution in [1.82, 2.24) is 9.88 Å². The van der Waals surface area contributed by atoms with Gasteiger partial charge in [0.1, 0.15) is 5.82 Å². The molecule has 1 fully saturated rings. The van der Waals surface area contributed by atoms with E-state index in [0.29, 0.717) is 0 Å². The minimum atomic E-state index is -1.82. The summed E-state index contributed by atoms with van der Waals surface area (Å²) in [4.78, 5) is 30.4. The quantitative estimate of drug-likeness (QED) is 0.805. The number of anilines is 1. The maximum Gasteiger partial charge on any atom is 0.414 e. The third-order valence-corrected chi connectivity index (χ3v) is 4.69. The second kappa shape index (κ2) is 9.14. The van der Waals surface area contributed by atoms with Gasteiger partial charge in [0.2, 0.25) is 0 Å². The van der Waals surface area contributed by atoms with Crippen LogP contribution < -0.4 is 4.90 Å². The Morgan fingerprint density at radius 2 is 1.76 bits per heavy atom. The van der Waals surface area contributed by atoms with Crippen molar-refractivity contribution in [2.45, 2.75) is 13.5 Å². The third kappa shape index (κ3) is 6.17. The molecule has 8 heteroatoms. The van der Waals surface area contributed by atoms with Crippen LogP contribution in [0.15, 0.2) is 36.5 Å². The number of rotatable bonds is 3. The third-order valence-electron chi connectivity index (χ3n) is 3.70. The van der Waals surface area contributed by atoms with Gasteiger partial charge >= 0.3 is 11.9 Å². The number of carboxylic acids is 2. The van der Waals surface area contributed by atoms with Gasteiger partial charge in [-0.3, -0.25) is 4.90 Å². The lowest BCUT2D eigenvalue weighted by atomic mass is 10.3. The maximum absolute atomic E-state index is 9.10. The molecule has 0 aliphatic carbocycles. The number of aryl methyl sites for hydroxylation is 1. The highest BCUT2D eigenvalue weighted by Crippen LogP contribution is 2.19. The molecule has 0 amide bonds. The van der Waals surface area contributed by atoms with Gasteiger partial charge in [-0.1, -0.05) is 6.07 Å². The fourth-order valence-corrected chi connectivity index (χ4v) is 3.40. The first-order valence-electron chi connectivity index (χ1n) is 7.85. The highest BCUT2D eigenvalue weighted by Gasteiger charge is 2.18. The SMILES string of the molecule is Cc1ccc(CN2CCN(c3ccccn3)CC2)s1.O=C(O)C(=O)O. The fourth-order valence-electron chi connectivity index (χ4n) is 2.47. The summed E-state index contributed by atoms with van der Waals surface area (Å²) < 4.78 is 0. The summed E-state index contributed by atoms with van der Waals surface area (Å²) in [5.74, 6) is -2.54. The number of hydrogen-bond donors (Lipinski definition) is 2. The fraction of sp³-hybridized carbons (Fsp3) is 0.353. The van der Waals surface area contributed by atoms with Crippen molar-refractivity contribution in [2.24, 2.45) is 0 Å². The number of aliphatic carboxylic acids is 2. The van der Waals surface area contributed by atoms with Crippen LogP contribution in [0.2, 0.25) is 0 Å². The lowest BCUT2D eigenvalue weighted by Gasteiger charge is -2.35. The minimum absolute atomic E-state index is 1.07. The van der Waals surface area contributed by atoms with E-state index in [1.165, 1.54) is 9.75 Å². The van der Waals surface area contributed by atoms with Crippen LogP contribution in [0, 0.1) is 6.92 Å². The average molecular weight is 363 g/mol. The molecule has 0 spiro atoms. The number of thiophene rings is 1. The predicted molar refractivity (Wildman–Crippen MR) is 96.1 cm³/mol. The minimum Gasteiger partial charge on any atom is -0.473 e. The molecule has 25 heavy (non-hydrogen) atoms.